The molecule has 1 amide bonds. The van der Waals surface area contributed by atoms with Gasteiger partial charge in [0, 0.05) is 31.3 Å². The number of hydrogen-bond acceptors (Lipinski definition) is 5. The highest BCUT2D eigenvalue weighted by Crippen LogP contribution is 2.37. The lowest BCUT2D eigenvalue weighted by molar-refractivity contribution is -0.117. The largest absolute Gasteiger partial charge is 0.464 e. The van der Waals surface area contributed by atoms with E-state index in [1.54, 1.807) is 6.07 Å². The Morgan fingerprint density at radius 3 is 2.81 bits per heavy atom. The maximum Gasteiger partial charge on any atom is 0.249 e. The molecule has 1 aliphatic rings. The Labute approximate surface area is 166 Å². The highest BCUT2D eigenvalue weighted by atomic mass is 127. The summed E-state index contributed by atoms with van der Waals surface area (Å²) in [5, 5.41) is 0.404. The number of carbonyl (C=O) groups excluding carboxylic acids is 1. The van der Waals surface area contributed by atoms with Crippen molar-refractivity contribution in [1.29, 1.82) is 0 Å². The predicted molar refractivity (Wildman–Crippen MR) is 118 cm³/mol. The number of halogens is 1. The molecule has 27 heavy (non-hydrogen) atoms. The molecule has 0 saturated carbocycles. The number of aryl methyl sites for hydroxylation is 1. The lowest BCUT2D eigenvalue weighted by Crippen LogP contribution is -2.16. The Kier molecular flexibility index (Phi) is 5.69. The van der Waals surface area contributed by atoms with Crippen LogP contribution in [0.4, 0.5) is 5.69 Å². The molecule has 0 spiro atoms. The molecule has 0 fully saturated rings. The van der Waals surface area contributed by atoms with Crippen LogP contribution in [0, 0.1) is 6.92 Å². The highest BCUT2D eigenvalue weighted by molar-refractivity contribution is 14.2. The molecule has 0 bridgehead atoms. The van der Waals surface area contributed by atoms with E-state index in [0.717, 1.165) is 11.4 Å². The zero-order chi connectivity index (χ0) is 19.6. The van der Waals surface area contributed by atoms with Crippen LogP contribution in [0.3, 0.4) is 0 Å². The van der Waals surface area contributed by atoms with Crippen molar-refractivity contribution in [1.82, 2.24) is 0 Å². The van der Waals surface area contributed by atoms with Gasteiger partial charge < -0.3 is 14.1 Å². The van der Waals surface area contributed by atoms with Crippen molar-refractivity contribution in [2.24, 2.45) is 4.99 Å². The molecule has 1 aromatic heterocycles. The van der Waals surface area contributed by atoms with Gasteiger partial charge in [0.2, 0.25) is 5.91 Å². The van der Waals surface area contributed by atoms with Crippen LogP contribution in [-0.2, 0) is 11.2 Å². The Bertz CT molecular complexity index is 1080. The molecule has 0 unspecified atom stereocenters. The Morgan fingerprint density at radius 1 is 1.41 bits per heavy atom. The van der Waals surface area contributed by atoms with Crippen LogP contribution in [0.15, 0.2) is 48.5 Å². The van der Waals surface area contributed by atoms with Crippen molar-refractivity contribution in [2.75, 3.05) is 19.0 Å². The smallest absolute Gasteiger partial charge is 0.249 e. The van der Waals surface area contributed by atoms with Gasteiger partial charge in [-0.15, -0.1) is 0 Å². The summed E-state index contributed by atoms with van der Waals surface area (Å²) in [7, 11) is 3.80. The van der Waals surface area contributed by atoms with Gasteiger partial charge in [0.15, 0.2) is 11.2 Å². The fraction of sp³-hybridized carbons (Fsp3) is 0.200. The lowest BCUT2D eigenvalue weighted by Gasteiger charge is -2.21. The summed E-state index contributed by atoms with van der Waals surface area (Å²) in [4.78, 5) is 29.8. The Balaban J connectivity index is 2.21. The number of carbonyl (C=O) groups is 1. The maximum absolute atomic E-state index is 13.0. The molecule has 3 rings (SSSR count). The zero-order valence-electron chi connectivity index (χ0n) is 15.3. The molecule has 2 aromatic rings. The average Bonchev–Trinajstić information content (AvgIpc) is 2.66. The zero-order valence-corrected chi connectivity index (χ0v) is 17.4. The fourth-order valence-electron chi connectivity index (χ4n) is 2.76. The summed E-state index contributed by atoms with van der Waals surface area (Å²) in [5.41, 5.74) is 1.91. The van der Waals surface area contributed by atoms with E-state index in [-0.39, 0.29) is 38.1 Å². The standard InChI is InChI=1S/C20H19IN2O4/c1-12-18-16(26-11-13(19(18)25)9-17(24)22-2)10-15(23(3)4)20(12)27-14-5-7-21-8-6-14/h5-8,10-11H,2,9H2,1,3-4H3. The Morgan fingerprint density at radius 2 is 2.19 bits per heavy atom. The van der Waals surface area contributed by atoms with Gasteiger partial charge in [-0.25, -0.2) is 4.99 Å². The molecule has 1 aliphatic heterocycles. The van der Waals surface area contributed by atoms with Crippen molar-refractivity contribution in [3.63, 3.8) is 0 Å². The van der Waals surface area contributed by atoms with Crippen LogP contribution in [0.5, 0.6) is 5.75 Å². The minimum absolute atomic E-state index is 0.0498. The van der Waals surface area contributed by atoms with E-state index in [2.05, 4.69) is 19.8 Å². The normalized spacial score (nSPS) is 13.1. The van der Waals surface area contributed by atoms with Crippen LogP contribution in [0.1, 0.15) is 11.1 Å². The van der Waals surface area contributed by atoms with Gasteiger partial charge in [0.1, 0.15) is 11.3 Å². The van der Waals surface area contributed by atoms with Crippen LogP contribution in [0.2, 0.25) is 0 Å². The summed E-state index contributed by atoms with van der Waals surface area (Å²) < 4.78 is 16.0. The predicted octanol–water partition coefficient (Wildman–Crippen LogP) is 3.50. The molecule has 140 valence electrons. The first-order chi connectivity index (χ1) is 12.9. The summed E-state index contributed by atoms with van der Waals surface area (Å²) >= 11 is -0.0498. The number of aliphatic imine (C=N–C) groups is 1. The van der Waals surface area contributed by atoms with E-state index in [1.165, 1.54) is 6.26 Å². The fourth-order valence-corrected chi connectivity index (χ4v) is 4.12. The van der Waals surface area contributed by atoms with Crippen molar-refractivity contribution < 1.29 is 13.9 Å². The summed E-state index contributed by atoms with van der Waals surface area (Å²) in [6, 6.07) is 1.78. The SMILES string of the molecule is C=NC(=O)Cc1coc2cc(N(C)C)c(OC3=CC=IC=C3)c(C)c2c1=O. The van der Waals surface area contributed by atoms with Gasteiger partial charge in [-0.1, -0.05) is 20.7 Å². The molecule has 0 radical (unpaired) electrons. The summed E-state index contributed by atoms with van der Waals surface area (Å²) in [6.07, 6.45) is 5.07. The first-order valence-electron chi connectivity index (χ1n) is 8.17. The van der Waals surface area contributed by atoms with Gasteiger partial charge in [-0.2, -0.15) is 0 Å². The van der Waals surface area contributed by atoms with E-state index >= 15 is 0 Å². The molecule has 0 aliphatic carbocycles. The second-order valence-electron chi connectivity index (χ2n) is 6.15. The maximum atomic E-state index is 13.0. The van der Waals surface area contributed by atoms with E-state index in [1.807, 2.05) is 38.1 Å². The summed E-state index contributed by atoms with van der Waals surface area (Å²) in [5.74, 6) is 0.838. The molecule has 7 heteroatoms. The second-order valence-corrected chi connectivity index (χ2v) is 8.31. The number of amides is 1. The van der Waals surface area contributed by atoms with Crippen molar-refractivity contribution in [2.45, 2.75) is 13.3 Å². The first kappa shape index (κ1) is 19.2. The van der Waals surface area contributed by atoms with Crippen molar-refractivity contribution in [3.05, 3.63) is 55.7 Å². The molecular formula is C20H19IN2O4. The van der Waals surface area contributed by atoms with Gasteiger partial charge in [-0.05, 0) is 33.9 Å². The van der Waals surface area contributed by atoms with E-state index in [9.17, 15) is 9.59 Å². The van der Waals surface area contributed by atoms with Crippen LogP contribution >= 0.6 is 20.7 Å². The number of ether oxygens (including phenoxy) is 1. The molecule has 2 heterocycles. The van der Waals surface area contributed by atoms with E-state index in [0.29, 0.717) is 22.3 Å². The minimum atomic E-state index is -0.475. The van der Waals surface area contributed by atoms with Crippen molar-refractivity contribution >= 4 is 54.0 Å². The molecular weight excluding hydrogens is 459 g/mol. The van der Waals surface area contributed by atoms with Crippen molar-refractivity contribution in [3.8, 4) is 5.75 Å². The van der Waals surface area contributed by atoms with Gasteiger partial charge in [-0.3, -0.25) is 9.59 Å². The first-order valence-corrected chi connectivity index (χ1v) is 10.7. The summed E-state index contributed by atoms with van der Waals surface area (Å²) in [6.45, 7) is 5.03. The van der Waals surface area contributed by atoms with E-state index in [4.69, 9.17) is 9.15 Å². The number of benzene rings is 1. The van der Waals surface area contributed by atoms with Crippen LogP contribution in [0.25, 0.3) is 11.0 Å². The minimum Gasteiger partial charge on any atom is -0.464 e. The number of nitrogens with zero attached hydrogens (tertiary/aromatic N) is 2. The molecule has 1 aromatic carbocycles. The molecule has 6 nitrogen and oxygen atoms in total. The Hall–Kier alpha value is -2.55. The van der Waals surface area contributed by atoms with Gasteiger partial charge >= 0.3 is 0 Å². The average molecular weight is 478 g/mol. The quantitative estimate of drug-likeness (QED) is 0.486. The third kappa shape index (κ3) is 3.92. The number of rotatable bonds is 5. The topological polar surface area (TPSA) is 72.1 Å². The monoisotopic (exact) mass is 478 g/mol. The lowest BCUT2D eigenvalue weighted by atomic mass is 10.0. The number of hydrogen-bond donors (Lipinski definition) is 0. The van der Waals surface area contributed by atoms with Crippen LogP contribution in [-0.4, -0.2) is 30.7 Å². The van der Waals surface area contributed by atoms with E-state index < -0.39 is 5.91 Å². The number of fused-ring (bicyclic) bond motifs is 1. The number of anilines is 1. The third-order valence-electron chi connectivity index (χ3n) is 4.13. The second kappa shape index (κ2) is 7.99. The molecule has 0 saturated heterocycles. The van der Waals surface area contributed by atoms with Crippen LogP contribution < -0.4 is 15.1 Å². The molecule has 0 atom stereocenters. The highest BCUT2D eigenvalue weighted by Gasteiger charge is 2.20. The molecule has 0 N–H and O–H groups in total. The van der Waals surface area contributed by atoms with Gasteiger partial charge in [0.25, 0.3) is 0 Å². The van der Waals surface area contributed by atoms with Gasteiger partial charge in [0.05, 0.1) is 23.8 Å². The number of allylic oxidation sites excluding steroid dienone is 2. The third-order valence-corrected chi connectivity index (χ3v) is 5.68.